The minimum atomic E-state index is -4.47. The molecule has 1 heterocycles. The van der Waals surface area contributed by atoms with Crippen molar-refractivity contribution in [3.63, 3.8) is 0 Å². The van der Waals surface area contributed by atoms with Gasteiger partial charge in [0.25, 0.3) is 0 Å². The van der Waals surface area contributed by atoms with Crippen LogP contribution in [0.4, 0.5) is 19.0 Å². The van der Waals surface area contributed by atoms with Crippen molar-refractivity contribution < 1.29 is 22.7 Å². The van der Waals surface area contributed by atoms with Crippen molar-refractivity contribution in [3.05, 3.63) is 30.1 Å². The quantitative estimate of drug-likeness (QED) is 0.616. The molecule has 2 N–H and O–H groups in total. The Bertz CT molecular complexity index is 953. The van der Waals surface area contributed by atoms with Crippen LogP contribution in [0.1, 0.15) is 38.7 Å². The van der Waals surface area contributed by atoms with Crippen molar-refractivity contribution in [2.45, 2.75) is 57.4 Å². The van der Waals surface area contributed by atoms with Crippen molar-refractivity contribution in [1.29, 1.82) is 0 Å². The fraction of sp³-hybridized carbons (Fsp3) is 0.609. The summed E-state index contributed by atoms with van der Waals surface area (Å²) in [5.74, 6) is 0.139. The van der Waals surface area contributed by atoms with E-state index in [0.717, 1.165) is 31.4 Å². The number of aromatic nitrogens is 2. The van der Waals surface area contributed by atoms with Gasteiger partial charge in [0.05, 0.1) is 24.2 Å². The van der Waals surface area contributed by atoms with Crippen LogP contribution in [0.3, 0.4) is 0 Å². The molecule has 0 spiro atoms. The predicted molar refractivity (Wildman–Crippen MR) is 121 cm³/mol. The Morgan fingerprint density at radius 2 is 2.03 bits per heavy atom. The molecule has 1 fully saturated rings. The maximum atomic E-state index is 13.1. The molecule has 1 aliphatic carbocycles. The standard InChI is InChI=1S/C23H32F3N5O2/c1-14(2)31(3)17-6-8-19(15(9-17)12-33-4)30-21(32)11-27-22-18-10-16(23(24,25)26)5-7-20(18)28-13-29-22/h5,7,10,13-15,17,19H,6,8-9,11-12H2,1-4H3,(H,30,32)(H,27,28,29). The summed E-state index contributed by atoms with van der Waals surface area (Å²) in [4.78, 5) is 23.1. The lowest BCUT2D eigenvalue weighted by Gasteiger charge is -2.41. The number of methoxy groups -OCH3 is 1. The van der Waals surface area contributed by atoms with Gasteiger partial charge in [-0.15, -0.1) is 0 Å². The van der Waals surface area contributed by atoms with Gasteiger partial charge in [-0.1, -0.05) is 0 Å². The zero-order valence-corrected chi connectivity index (χ0v) is 19.4. The van der Waals surface area contributed by atoms with Crippen LogP contribution < -0.4 is 10.6 Å². The van der Waals surface area contributed by atoms with E-state index < -0.39 is 11.7 Å². The number of anilines is 1. The monoisotopic (exact) mass is 467 g/mol. The molecule has 1 saturated carbocycles. The summed E-state index contributed by atoms with van der Waals surface area (Å²) in [6, 6.07) is 4.13. The summed E-state index contributed by atoms with van der Waals surface area (Å²) in [6.45, 7) is 4.78. The van der Waals surface area contributed by atoms with Gasteiger partial charge in [-0.3, -0.25) is 4.79 Å². The number of carbonyl (C=O) groups is 1. The fourth-order valence-electron chi connectivity index (χ4n) is 4.41. The van der Waals surface area contributed by atoms with Crippen molar-refractivity contribution >= 4 is 22.6 Å². The van der Waals surface area contributed by atoms with E-state index in [9.17, 15) is 18.0 Å². The second-order valence-corrected chi connectivity index (χ2v) is 8.92. The van der Waals surface area contributed by atoms with Crippen LogP contribution in [0.25, 0.3) is 10.9 Å². The van der Waals surface area contributed by atoms with E-state index in [-0.39, 0.29) is 35.6 Å². The third kappa shape index (κ3) is 6.32. The molecule has 1 aromatic carbocycles. The maximum Gasteiger partial charge on any atom is 0.416 e. The number of nitrogens with zero attached hydrogens (tertiary/aromatic N) is 3. The minimum Gasteiger partial charge on any atom is -0.384 e. The molecule has 0 radical (unpaired) electrons. The number of rotatable bonds is 8. The molecule has 33 heavy (non-hydrogen) atoms. The summed E-state index contributed by atoms with van der Waals surface area (Å²) < 4.78 is 44.7. The Morgan fingerprint density at radius 1 is 1.27 bits per heavy atom. The summed E-state index contributed by atoms with van der Waals surface area (Å²) in [6.07, 6.45) is -0.469. The first-order valence-electron chi connectivity index (χ1n) is 11.2. The molecule has 0 aliphatic heterocycles. The number of carbonyl (C=O) groups excluding carboxylic acids is 1. The van der Waals surface area contributed by atoms with E-state index in [2.05, 4.69) is 46.4 Å². The van der Waals surface area contributed by atoms with Crippen LogP contribution in [0.5, 0.6) is 0 Å². The smallest absolute Gasteiger partial charge is 0.384 e. The number of hydrogen-bond acceptors (Lipinski definition) is 6. The van der Waals surface area contributed by atoms with Gasteiger partial charge in [0.2, 0.25) is 5.91 Å². The van der Waals surface area contributed by atoms with Crippen LogP contribution in [-0.2, 0) is 15.7 Å². The van der Waals surface area contributed by atoms with Gasteiger partial charge in [0.15, 0.2) is 0 Å². The van der Waals surface area contributed by atoms with Gasteiger partial charge in [-0.25, -0.2) is 9.97 Å². The molecule has 3 atom stereocenters. The SMILES string of the molecule is COCC1CC(N(C)C(C)C)CCC1NC(=O)CNc1ncnc2ccc(C(F)(F)F)cc12. The number of hydrogen-bond donors (Lipinski definition) is 2. The highest BCUT2D eigenvalue weighted by molar-refractivity contribution is 5.91. The van der Waals surface area contributed by atoms with Gasteiger partial charge >= 0.3 is 6.18 Å². The largest absolute Gasteiger partial charge is 0.416 e. The first kappa shape index (κ1) is 25.2. The first-order valence-corrected chi connectivity index (χ1v) is 11.2. The lowest BCUT2D eigenvalue weighted by Crippen LogP contribution is -2.51. The molecular formula is C23H32F3N5O2. The Labute approximate surface area is 192 Å². The number of alkyl halides is 3. The van der Waals surface area contributed by atoms with E-state index in [1.165, 1.54) is 12.4 Å². The summed E-state index contributed by atoms with van der Waals surface area (Å²) in [7, 11) is 3.78. The molecular weight excluding hydrogens is 435 g/mol. The number of fused-ring (bicyclic) bond motifs is 1. The third-order valence-corrected chi connectivity index (χ3v) is 6.45. The fourth-order valence-corrected chi connectivity index (χ4v) is 4.41. The minimum absolute atomic E-state index is 0.0185. The molecule has 0 bridgehead atoms. The lowest BCUT2D eigenvalue weighted by atomic mass is 9.81. The average Bonchev–Trinajstić information content (AvgIpc) is 2.77. The van der Waals surface area contributed by atoms with Gasteiger partial charge < -0.3 is 20.3 Å². The number of ether oxygens (including phenoxy) is 1. The highest BCUT2D eigenvalue weighted by Crippen LogP contribution is 2.32. The first-order chi connectivity index (χ1) is 15.6. The predicted octanol–water partition coefficient (Wildman–Crippen LogP) is 3.70. The van der Waals surface area contributed by atoms with E-state index in [4.69, 9.17) is 4.74 Å². The molecule has 1 amide bonds. The number of benzene rings is 1. The second kappa shape index (κ2) is 10.6. The number of nitrogens with one attached hydrogen (secondary N) is 2. The van der Waals surface area contributed by atoms with Crippen LogP contribution in [0.15, 0.2) is 24.5 Å². The average molecular weight is 468 g/mol. The van der Waals surface area contributed by atoms with Crippen LogP contribution >= 0.6 is 0 Å². The summed E-state index contributed by atoms with van der Waals surface area (Å²) in [5.41, 5.74) is -0.420. The van der Waals surface area contributed by atoms with Gasteiger partial charge in [-0.05, 0) is 58.4 Å². The van der Waals surface area contributed by atoms with E-state index in [1.54, 1.807) is 7.11 Å². The van der Waals surface area contributed by atoms with Gasteiger partial charge in [0.1, 0.15) is 12.1 Å². The highest BCUT2D eigenvalue weighted by atomic mass is 19.4. The van der Waals surface area contributed by atoms with Crippen molar-refractivity contribution in [3.8, 4) is 0 Å². The molecule has 10 heteroatoms. The second-order valence-electron chi connectivity index (χ2n) is 8.92. The molecule has 3 rings (SSSR count). The normalized spacial score (nSPS) is 21.5. The summed E-state index contributed by atoms with van der Waals surface area (Å²) in [5, 5.41) is 6.16. The molecule has 1 aromatic heterocycles. The van der Waals surface area contributed by atoms with Crippen molar-refractivity contribution in [1.82, 2.24) is 20.2 Å². The summed E-state index contributed by atoms with van der Waals surface area (Å²) >= 11 is 0. The molecule has 7 nitrogen and oxygen atoms in total. The lowest BCUT2D eigenvalue weighted by molar-refractivity contribution is -0.137. The van der Waals surface area contributed by atoms with Crippen molar-refractivity contribution in [2.24, 2.45) is 5.92 Å². The van der Waals surface area contributed by atoms with Crippen molar-refractivity contribution in [2.75, 3.05) is 32.6 Å². The zero-order valence-electron chi connectivity index (χ0n) is 19.4. The number of amides is 1. The number of halogens is 3. The Hall–Kier alpha value is -2.46. The van der Waals surface area contributed by atoms with E-state index >= 15 is 0 Å². The maximum absolute atomic E-state index is 13.1. The van der Waals surface area contributed by atoms with Crippen LogP contribution in [-0.4, -0.2) is 66.2 Å². The Kier molecular flexibility index (Phi) is 8.12. The third-order valence-electron chi connectivity index (χ3n) is 6.45. The van der Waals surface area contributed by atoms with Crippen LogP contribution in [0.2, 0.25) is 0 Å². The highest BCUT2D eigenvalue weighted by Gasteiger charge is 2.34. The van der Waals surface area contributed by atoms with E-state index in [0.29, 0.717) is 24.2 Å². The molecule has 2 aromatic rings. The molecule has 182 valence electrons. The Morgan fingerprint density at radius 3 is 2.70 bits per heavy atom. The van der Waals surface area contributed by atoms with Crippen LogP contribution in [0, 0.1) is 5.92 Å². The van der Waals surface area contributed by atoms with Gasteiger partial charge in [-0.2, -0.15) is 13.2 Å². The molecule has 3 unspecified atom stereocenters. The molecule has 1 aliphatic rings. The Balaban J connectivity index is 1.64. The van der Waals surface area contributed by atoms with Gasteiger partial charge in [0, 0.05) is 36.5 Å². The topological polar surface area (TPSA) is 79.4 Å². The van der Waals surface area contributed by atoms with E-state index in [1.807, 2.05) is 0 Å². The zero-order chi connectivity index (χ0) is 24.2. The molecule has 0 saturated heterocycles.